The highest BCUT2D eigenvalue weighted by atomic mass is 16.5. The minimum atomic E-state index is -0.0301. The maximum Gasteiger partial charge on any atom is 0.248 e. The number of likely N-dealkylation sites (tertiary alicyclic amines) is 1. The molecule has 1 unspecified atom stereocenters. The van der Waals surface area contributed by atoms with Crippen LogP contribution in [0.3, 0.4) is 0 Å². The van der Waals surface area contributed by atoms with E-state index in [1.165, 1.54) is 6.42 Å². The van der Waals surface area contributed by atoms with E-state index >= 15 is 0 Å². The molecule has 8 nitrogen and oxygen atoms in total. The molecule has 32 heavy (non-hydrogen) atoms. The van der Waals surface area contributed by atoms with E-state index in [0.717, 1.165) is 37.1 Å². The maximum atomic E-state index is 12.7. The predicted molar refractivity (Wildman–Crippen MR) is 118 cm³/mol. The summed E-state index contributed by atoms with van der Waals surface area (Å²) in [6.07, 6.45) is 5.75. The van der Waals surface area contributed by atoms with Crippen molar-refractivity contribution in [1.29, 1.82) is 0 Å². The minimum absolute atomic E-state index is 0.00248. The molecule has 2 amide bonds. The molecule has 1 aliphatic carbocycles. The third kappa shape index (κ3) is 5.73. The number of carbonyl (C=O) groups excluding carboxylic acids is 2. The molecule has 2 heterocycles. The summed E-state index contributed by atoms with van der Waals surface area (Å²) in [7, 11) is 0. The van der Waals surface area contributed by atoms with Gasteiger partial charge in [0.15, 0.2) is 5.82 Å². The Hall–Kier alpha value is -2.74. The molecule has 1 saturated heterocycles. The molecular formula is C24H32N4O4. The smallest absolute Gasteiger partial charge is 0.248 e. The summed E-state index contributed by atoms with van der Waals surface area (Å²) in [5.74, 6) is 1.76. The fourth-order valence-electron chi connectivity index (χ4n) is 4.36. The van der Waals surface area contributed by atoms with Gasteiger partial charge in [0, 0.05) is 44.9 Å². The summed E-state index contributed by atoms with van der Waals surface area (Å²) in [5.41, 5.74) is 1.04. The van der Waals surface area contributed by atoms with Crippen molar-refractivity contribution in [3.8, 4) is 0 Å². The summed E-state index contributed by atoms with van der Waals surface area (Å²) < 4.78 is 11.0. The molecule has 0 spiro atoms. The molecule has 2 aromatic rings. The molecule has 1 aliphatic heterocycles. The van der Waals surface area contributed by atoms with Crippen LogP contribution in [0.2, 0.25) is 0 Å². The number of ether oxygens (including phenoxy) is 1. The zero-order chi connectivity index (χ0) is 22.3. The van der Waals surface area contributed by atoms with Gasteiger partial charge in [-0.1, -0.05) is 41.9 Å². The SMILES string of the molecule is CC(=O)N(CCc1noc(C2CCC2)n1)C1CCCN(C(=O)COCc2ccccc2)C1. The van der Waals surface area contributed by atoms with Gasteiger partial charge in [0.1, 0.15) is 6.61 Å². The number of amides is 2. The van der Waals surface area contributed by atoms with Crippen molar-refractivity contribution in [2.75, 3.05) is 26.2 Å². The Morgan fingerprint density at radius 3 is 2.72 bits per heavy atom. The van der Waals surface area contributed by atoms with Crippen molar-refractivity contribution in [2.45, 2.75) is 64.0 Å². The fraction of sp³-hybridized carbons (Fsp3) is 0.583. The lowest BCUT2D eigenvalue weighted by Gasteiger charge is -2.39. The number of aromatic nitrogens is 2. The third-order valence-corrected chi connectivity index (χ3v) is 6.45. The molecular weight excluding hydrogens is 408 g/mol. The summed E-state index contributed by atoms with van der Waals surface area (Å²) in [4.78, 5) is 33.2. The predicted octanol–water partition coefficient (Wildman–Crippen LogP) is 2.94. The number of hydrogen-bond acceptors (Lipinski definition) is 6. The van der Waals surface area contributed by atoms with Gasteiger partial charge in [0.2, 0.25) is 17.7 Å². The van der Waals surface area contributed by atoms with E-state index in [1.54, 1.807) is 6.92 Å². The lowest BCUT2D eigenvalue weighted by molar-refractivity contribution is -0.142. The Labute approximate surface area is 188 Å². The number of carbonyl (C=O) groups is 2. The number of rotatable bonds is 9. The van der Waals surface area contributed by atoms with Crippen LogP contribution < -0.4 is 0 Å². The first kappa shape index (κ1) is 22.5. The van der Waals surface area contributed by atoms with E-state index in [-0.39, 0.29) is 24.5 Å². The van der Waals surface area contributed by atoms with E-state index < -0.39 is 0 Å². The molecule has 4 rings (SSSR count). The number of piperidine rings is 1. The Morgan fingerprint density at radius 2 is 2.00 bits per heavy atom. The van der Waals surface area contributed by atoms with Gasteiger partial charge in [-0.25, -0.2) is 0 Å². The van der Waals surface area contributed by atoms with Gasteiger partial charge in [-0.3, -0.25) is 9.59 Å². The largest absolute Gasteiger partial charge is 0.367 e. The van der Waals surface area contributed by atoms with Gasteiger partial charge in [-0.15, -0.1) is 0 Å². The van der Waals surface area contributed by atoms with Crippen LogP contribution in [0.1, 0.15) is 62.2 Å². The molecule has 8 heteroatoms. The standard InChI is InChI=1S/C24H32N4O4/c1-18(29)28(14-12-22-25-24(32-26-22)20-9-5-10-20)21-11-6-13-27(15-21)23(30)17-31-16-19-7-3-2-4-8-19/h2-4,7-8,20-21H,5-6,9-17H2,1H3. The molecule has 1 aromatic heterocycles. The Kier molecular flexibility index (Phi) is 7.52. The van der Waals surface area contributed by atoms with E-state index in [1.807, 2.05) is 40.1 Å². The van der Waals surface area contributed by atoms with Gasteiger partial charge in [0.05, 0.1) is 6.61 Å². The molecule has 1 saturated carbocycles. The number of nitrogens with zero attached hydrogens (tertiary/aromatic N) is 4. The topological polar surface area (TPSA) is 88.8 Å². The van der Waals surface area contributed by atoms with Gasteiger partial charge in [-0.05, 0) is 31.2 Å². The van der Waals surface area contributed by atoms with Crippen LogP contribution in [0.25, 0.3) is 0 Å². The first-order valence-electron chi connectivity index (χ1n) is 11.6. The Morgan fingerprint density at radius 1 is 1.19 bits per heavy atom. The second-order valence-corrected chi connectivity index (χ2v) is 8.75. The quantitative estimate of drug-likeness (QED) is 0.596. The van der Waals surface area contributed by atoms with Crippen LogP contribution in [0.15, 0.2) is 34.9 Å². The monoisotopic (exact) mass is 440 g/mol. The van der Waals surface area contributed by atoms with Crippen molar-refractivity contribution < 1.29 is 18.8 Å². The van der Waals surface area contributed by atoms with Gasteiger partial charge >= 0.3 is 0 Å². The van der Waals surface area contributed by atoms with Gasteiger partial charge in [0.25, 0.3) is 0 Å². The van der Waals surface area contributed by atoms with Crippen LogP contribution in [-0.2, 0) is 27.4 Å². The van der Waals surface area contributed by atoms with Crippen LogP contribution in [0, 0.1) is 0 Å². The zero-order valence-corrected chi connectivity index (χ0v) is 18.7. The summed E-state index contributed by atoms with van der Waals surface area (Å²) in [5, 5.41) is 4.09. The van der Waals surface area contributed by atoms with Gasteiger partial charge < -0.3 is 19.1 Å². The minimum Gasteiger partial charge on any atom is -0.367 e. The molecule has 2 aliphatic rings. The summed E-state index contributed by atoms with van der Waals surface area (Å²) in [6, 6.07) is 9.81. The average molecular weight is 441 g/mol. The lowest BCUT2D eigenvalue weighted by atomic mass is 9.85. The molecule has 1 aromatic carbocycles. The van der Waals surface area contributed by atoms with Crippen LogP contribution in [0.4, 0.5) is 0 Å². The van der Waals surface area contributed by atoms with E-state index in [4.69, 9.17) is 9.26 Å². The molecule has 0 radical (unpaired) electrons. The van der Waals surface area contributed by atoms with Gasteiger partial charge in [-0.2, -0.15) is 4.98 Å². The number of hydrogen-bond donors (Lipinski definition) is 0. The van der Waals surface area contributed by atoms with Crippen LogP contribution in [0.5, 0.6) is 0 Å². The normalized spacial score (nSPS) is 18.9. The highest BCUT2D eigenvalue weighted by Crippen LogP contribution is 2.35. The first-order valence-corrected chi connectivity index (χ1v) is 11.6. The zero-order valence-electron chi connectivity index (χ0n) is 18.7. The summed E-state index contributed by atoms with van der Waals surface area (Å²) in [6.45, 7) is 3.80. The fourth-order valence-corrected chi connectivity index (χ4v) is 4.36. The Balaban J connectivity index is 1.27. The summed E-state index contributed by atoms with van der Waals surface area (Å²) >= 11 is 0. The Bertz CT molecular complexity index is 896. The lowest BCUT2D eigenvalue weighted by Crippen LogP contribution is -2.52. The third-order valence-electron chi connectivity index (χ3n) is 6.45. The van der Waals surface area contributed by atoms with Crippen molar-refractivity contribution in [2.24, 2.45) is 0 Å². The van der Waals surface area contributed by atoms with E-state index in [2.05, 4.69) is 10.1 Å². The molecule has 0 N–H and O–H groups in total. The highest BCUT2D eigenvalue weighted by molar-refractivity contribution is 5.78. The van der Waals surface area contributed by atoms with Crippen molar-refractivity contribution in [3.63, 3.8) is 0 Å². The van der Waals surface area contributed by atoms with Crippen molar-refractivity contribution in [3.05, 3.63) is 47.6 Å². The van der Waals surface area contributed by atoms with E-state index in [0.29, 0.717) is 44.4 Å². The maximum absolute atomic E-state index is 12.7. The van der Waals surface area contributed by atoms with Crippen molar-refractivity contribution >= 4 is 11.8 Å². The molecule has 1 atom stereocenters. The second kappa shape index (κ2) is 10.7. The highest BCUT2D eigenvalue weighted by Gasteiger charge is 2.30. The first-order chi connectivity index (χ1) is 15.6. The second-order valence-electron chi connectivity index (χ2n) is 8.75. The van der Waals surface area contributed by atoms with Crippen LogP contribution in [-0.4, -0.2) is 64.0 Å². The molecule has 172 valence electrons. The van der Waals surface area contributed by atoms with E-state index in [9.17, 15) is 9.59 Å². The molecule has 2 fully saturated rings. The molecule has 0 bridgehead atoms. The van der Waals surface area contributed by atoms with Crippen molar-refractivity contribution in [1.82, 2.24) is 19.9 Å². The van der Waals surface area contributed by atoms with Crippen LogP contribution >= 0.6 is 0 Å². The average Bonchev–Trinajstić information content (AvgIpc) is 3.21. The number of benzene rings is 1.